The molecule has 2 atom stereocenters. The molecule has 0 aromatic heterocycles. The van der Waals surface area contributed by atoms with Crippen molar-refractivity contribution in [1.29, 1.82) is 0 Å². The van der Waals surface area contributed by atoms with E-state index in [2.05, 4.69) is 17.4 Å². The van der Waals surface area contributed by atoms with E-state index >= 15 is 0 Å². The highest BCUT2D eigenvalue weighted by Gasteiger charge is 2.29. The SMILES string of the molecule is CC(C)CS(=O)(=O)CC(=O)N[C@@H]1CCC[C@@H]1Cc1ccccc1. The molecule has 0 bridgehead atoms. The molecular formula is C18H27NO3S. The lowest BCUT2D eigenvalue weighted by Gasteiger charge is -2.21. The highest BCUT2D eigenvalue weighted by atomic mass is 32.2. The van der Waals surface area contributed by atoms with Crippen molar-refractivity contribution in [2.45, 2.75) is 45.6 Å². The van der Waals surface area contributed by atoms with Crippen LogP contribution in [-0.4, -0.2) is 31.9 Å². The quantitative estimate of drug-likeness (QED) is 0.832. The highest BCUT2D eigenvalue weighted by molar-refractivity contribution is 7.92. The maximum Gasteiger partial charge on any atom is 0.235 e. The average Bonchev–Trinajstić information content (AvgIpc) is 2.84. The number of rotatable bonds is 7. The number of benzene rings is 1. The monoisotopic (exact) mass is 337 g/mol. The maximum absolute atomic E-state index is 12.1. The van der Waals surface area contributed by atoms with Gasteiger partial charge in [-0.25, -0.2) is 8.42 Å². The molecule has 1 N–H and O–H groups in total. The summed E-state index contributed by atoms with van der Waals surface area (Å²) in [5, 5.41) is 2.96. The van der Waals surface area contributed by atoms with Crippen LogP contribution in [0.2, 0.25) is 0 Å². The van der Waals surface area contributed by atoms with Crippen molar-refractivity contribution < 1.29 is 13.2 Å². The van der Waals surface area contributed by atoms with Gasteiger partial charge in [0.1, 0.15) is 5.75 Å². The lowest BCUT2D eigenvalue weighted by molar-refractivity contribution is -0.119. The van der Waals surface area contributed by atoms with Gasteiger partial charge in [-0.05, 0) is 36.7 Å². The van der Waals surface area contributed by atoms with Gasteiger partial charge in [-0.15, -0.1) is 0 Å². The van der Waals surface area contributed by atoms with Gasteiger partial charge < -0.3 is 5.32 Å². The first-order valence-corrected chi connectivity index (χ1v) is 10.2. The van der Waals surface area contributed by atoms with Crippen LogP contribution < -0.4 is 5.32 Å². The Morgan fingerprint density at radius 1 is 1.22 bits per heavy atom. The van der Waals surface area contributed by atoms with E-state index in [9.17, 15) is 13.2 Å². The predicted octanol–water partition coefficient (Wildman–Crippen LogP) is 2.58. The molecule has 0 aliphatic heterocycles. The fraction of sp³-hybridized carbons (Fsp3) is 0.611. The molecule has 0 unspecified atom stereocenters. The van der Waals surface area contributed by atoms with E-state index in [0.29, 0.717) is 5.92 Å². The Bertz CT molecular complexity index is 610. The zero-order chi connectivity index (χ0) is 16.9. The molecule has 23 heavy (non-hydrogen) atoms. The van der Waals surface area contributed by atoms with Crippen LogP contribution in [0, 0.1) is 11.8 Å². The molecule has 1 aromatic rings. The van der Waals surface area contributed by atoms with Crippen LogP contribution in [0.1, 0.15) is 38.7 Å². The maximum atomic E-state index is 12.1. The zero-order valence-corrected chi connectivity index (χ0v) is 14.8. The van der Waals surface area contributed by atoms with E-state index in [4.69, 9.17) is 0 Å². The average molecular weight is 337 g/mol. The van der Waals surface area contributed by atoms with Crippen LogP contribution in [0.15, 0.2) is 30.3 Å². The number of hydrogen-bond donors (Lipinski definition) is 1. The summed E-state index contributed by atoms with van der Waals surface area (Å²) in [5.41, 5.74) is 1.27. The summed E-state index contributed by atoms with van der Waals surface area (Å²) in [5.74, 6) is -0.229. The second-order valence-corrected chi connectivity index (χ2v) is 9.11. The van der Waals surface area contributed by atoms with Gasteiger partial charge in [0, 0.05) is 6.04 Å². The molecule has 1 aliphatic carbocycles. The summed E-state index contributed by atoms with van der Waals surface area (Å²) >= 11 is 0. The number of carbonyl (C=O) groups excluding carboxylic acids is 1. The van der Waals surface area contributed by atoms with Gasteiger partial charge in [-0.2, -0.15) is 0 Å². The van der Waals surface area contributed by atoms with Gasteiger partial charge in [-0.3, -0.25) is 4.79 Å². The summed E-state index contributed by atoms with van der Waals surface area (Å²) in [6, 6.07) is 10.3. The molecule has 1 fully saturated rings. The van der Waals surface area contributed by atoms with Crippen LogP contribution in [-0.2, 0) is 21.1 Å². The fourth-order valence-corrected chi connectivity index (χ4v) is 5.02. The third-order valence-electron chi connectivity index (χ3n) is 4.28. The van der Waals surface area contributed by atoms with E-state index < -0.39 is 9.84 Å². The Morgan fingerprint density at radius 2 is 1.91 bits per heavy atom. The number of amides is 1. The smallest absolute Gasteiger partial charge is 0.235 e. The minimum absolute atomic E-state index is 0.0464. The van der Waals surface area contributed by atoms with E-state index in [-0.39, 0.29) is 29.4 Å². The van der Waals surface area contributed by atoms with E-state index in [1.165, 1.54) is 5.56 Å². The van der Waals surface area contributed by atoms with Crippen molar-refractivity contribution in [3.8, 4) is 0 Å². The molecule has 1 aliphatic rings. The molecule has 1 amide bonds. The number of nitrogens with one attached hydrogen (secondary N) is 1. The predicted molar refractivity (Wildman–Crippen MR) is 92.9 cm³/mol. The van der Waals surface area contributed by atoms with Crippen LogP contribution in [0.25, 0.3) is 0 Å². The van der Waals surface area contributed by atoms with Gasteiger partial charge in [-0.1, -0.05) is 50.6 Å². The number of carbonyl (C=O) groups is 1. The third-order valence-corrected chi connectivity index (χ3v) is 6.16. The minimum Gasteiger partial charge on any atom is -0.352 e. The van der Waals surface area contributed by atoms with Crippen LogP contribution >= 0.6 is 0 Å². The molecule has 1 saturated carbocycles. The molecule has 0 saturated heterocycles. The molecular weight excluding hydrogens is 310 g/mol. The van der Waals surface area contributed by atoms with E-state index in [0.717, 1.165) is 25.7 Å². The third kappa shape index (κ3) is 5.98. The molecule has 4 nitrogen and oxygen atoms in total. The van der Waals surface area contributed by atoms with Crippen molar-refractivity contribution in [3.05, 3.63) is 35.9 Å². The Kier molecular flexibility index (Phi) is 6.22. The van der Waals surface area contributed by atoms with Crippen molar-refractivity contribution in [3.63, 3.8) is 0 Å². The summed E-state index contributed by atoms with van der Waals surface area (Å²) < 4.78 is 23.9. The van der Waals surface area contributed by atoms with Gasteiger partial charge in [0.25, 0.3) is 0 Å². The second kappa shape index (κ2) is 7.95. The molecule has 5 heteroatoms. The van der Waals surface area contributed by atoms with Crippen LogP contribution in [0.5, 0.6) is 0 Å². The molecule has 1 aromatic carbocycles. The summed E-state index contributed by atoms with van der Waals surface area (Å²) in [6.45, 7) is 3.70. The number of hydrogen-bond acceptors (Lipinski definition) is 3. The van der Waals surface area contributed by atoms with Crippen LogP contribution in [0.4, 0.5) is 0 Å². The Labute approximate surface area is 139 Å². The topological polar surface area (TPSA) is 63.2 Å². The van der Waals surface area contributed by atoms with Gasteiger partial charge >= 0.3 is 0 Å². The van der Waals surface area contributed by atoms with Gasteiger partial charge in [0.05, 0.1) is 5.75 Å². The van der Waals surface area contributed by atoms with E-state index in [1.807, 2.05) is 32.0 Å². The first-order valence-electron chi connectivity index (χ1n) is 8.39. The normalized spacial score (nSPS) is 21.5. The van der Waals surface area contributed by atoms with Crippen molar-refractivity contribution in [1.82, 2.24) is 5.32 Å². The summed E-state index contributed by atoms with van der Waals surface area (Å²) in [7, 11) is -3.31. The molecule has 0 spiro atoms. The Hall–Kier alpha value is -1.36. The molecule has 2 rings (SSSR count). The summed E-state index contributed by atoms with van der Waals surface area (Å²) in [6.07, 6.45) is 4.04. The van der Waals surface area contributed by atoms with Crippen molar-refractivity contribution in [2.24, 2.45) is 11.8 Å². The summed E-state index contributed by atoms with van der Waals surface area (Å²) in [4.78, 5) is 12.1. The van der Waals surface area contributed by atoms with Gasteiger partial charge in [0.2, 0.25) is 5.91 Å². The molecule has 0 heterocycles. The van der Waals surface area contributed by atoms with Crippen LogP contribution in [0.3, 0.4) is 0 Å². The fourth-order valence-electron chi connectivity index (χ4n) is 3.40. The Morgan fingerprint density at radius 3 is 2.57 bits per heavy atom. The lowest BCUT2D eigenvalue weighted by atomic mass is 9.94. The zero-order valence-electron chi connectivity index (χ0n) is 14.0. The first-order chi connectivity index (χ1) is 10.9. The van der Waals surface area contributed by atoms with E-state index in [1.54, 1.807) is 0 Å². The highest BCUT2D eigenvalue weighted by Crippen LogP contribution is 2.28. The second-order valence-electron chi connectivity index (χ2n) is 7.00. The van der Waals surface area contributed by atoms with Crippen molar-refractivity contribution in [2.75, 3.05) is 11.5 Å². The first kappa shape index (κ1) is 18.0. The molecule has 128 valence electrons. The standard InChI is InChI=1S/C18H27NO3S/c1-14(2)12-23(21,22)13-18(20)19-17-10-6-9-16(17)11-15-7-4-3-5-8-15/h3-5,7-8,14,16-17H,6,9-13H2,1-2H3,(H,19,20)/t16-,17-/m1/s1. The Balaban J connectivity index is 1.89. The van der Waals surface area contributed by atoms with Crippen molar-refractivity contribution >= 4 is 15.7 Å². The number of sulfone groups is 1. The lowest BCUT2D eigenvalue weighted by Crippen LogP contribution is -2.41. The molecule has 0 radical (unpaired) electrons. The van der Waals surface area contributed by atoms with Gasteiger partial charge in [0.15, 0.2) is 9.84 Å². The minimum atomic E-state index is -3.31. The largest absolute Gasteiger partial charge is 0.352 e.